The first kappa shape index (κ1) is 21.8. The van der Waals surface area contributed by atoms with Crippen molar-refractivity contribution in [1.29, 1.82) is 0 Å². The number of allylic oxidation sites excluding steroid dienone is 1. The minimum atomic E-state index is -2.82. The van der Waals surface area contributed by atoms with Gasteiger partial charge >= 0.3 is 0 Å². The summed E-state index contributed by atoms with van der Waals surface area (Å²) >= 11 is 0. The van der Waals surface area contributed by atoms with Crippen molar-refractivity contribution in [2.75, 3.05) is 0 Å². The fourth-order valence-corrected chi connectivity index (χ4v) is 3.58. The minimum Gasteiger partial charge on any atom is -0.467 e. The van der Waals surface area contributed by atoms with E-state index < -0.39 is 52.9 Å². The lowest BCUT2D eigenvalue weighted by molar-refractivity contribution is -0.161. The molecule has 5 unspecified atom stereocenters. The summed E-state index contributed by atoms with van der Waals surface area (Å²) in [5.74, 6) is -3.70. The van der Waals surface area contributed by atoms with E-state index in [0.717, 1.165) is 0 Å². The number of nitrogens with one attached hydrogen (secondary N) is 1. The van der Waals surface area contributed by atoms with Crippen LogP contribution in [0.1, 0.15) is 30.6 Å². The molecule has 5 N–H and O–H groups in total. The molecule has 1 fully saturated rings. The van der Waals surface area contributed by atoms with E-state index in [-0.39, 0.29) is 11.1 Å². The summed E-state index contributed by atoms with van der Waals surface area (Å²) in [6.45, 7) is 3.07. The molecule has 5 atom stereocenters. The molecule has 9 nitrogen and oxygen atoms in total. The Labute approximate surface area is 172 Å². The van der Waals surface area contributed by atoms with Crippen LogP contribution in [0, 0.1) is 0 Å². The Kier molecular flexibility index (Phi) is 5.66. The van der Waals surface area contributed by atoms with Gasteiger partial charge in [0.05, 0.1) is 0 Å². The van der Waals surface area contributed by atoms with Gasteiger partial charge in [-0.2, -0.15) is 0 Å². The van der Waals surface area contributed by atoms with Gasteiger partial charge in [-0.25, -0.2) is 0 Å². The van der Waals surface area contributed by atoms with E-state index in [9.17, 15) is 34.8 Å². The summed E-state index contributed by atoms with van der Waals surface area (Å²) in [4.78, 5) is 38.4. The van der Waals surface area contributed by atoms with Gasteiger partial charge in [-0.3, -0.25) is 14.4 Å². The number of amides is 1. The van der Waals surface area contributed by atoms with E-state index >= 15 is 0 Å². The lowest BCUT2D eigenvalue weighted by Gasteiger charge is -2.30. The minimum absolute atomic E-state index is 0.00749. The van der Waals surface area contributed by atoms with Crippen molar-refractivity contribution in [3.05, 3.63) is 59.4 Å². The summed E-state index contributed by atoms with van der Waals surface area (Å²) in [5, 5.41) is 44.1. The maximum absolute atomic E-state index is 12.9. The molecule has 2 heterocycles. The predicted molar refractivity (Wildman–Crippen MR) is 103 cm³/mol. The first-order valence-electron chi connectivity index (χ1n) is 9.41. The van der Waals surface area contributed by atoms with Gasteiger partial charge in [-0.1, -0.05) is 49.4 Å². The highest BCUT2D eigenvalue weighted by atomic mass is 16.6. The van der Waals surface area contributed by atoms with Gasteiger partial charge in [0, 0.05) is 11.1 Å². The Morgan fingerprint density at radius 2 is 1.90 bits per heavy atom. The van der Waals surface area contributed by atoms with Gasteiger partial charge < -0.3 is 30.5 Å². The van der Waals surface area contributed by atoms with Crippen LogP contribution in [0.2, 0.25) is 0 Å². The second-order valence-electron chi connectivity index (χ2n) is 7.25. The van der Waals surface area contributed by atoms with E-state index in [1.807, 2.05) is 12.2 Å². The van der Waals surface area contributed by atoms with Crippen molar-refractivity contribution < 1.29 is 39.5 Å². The maximum atomic E-state index is 12.9. The van der Waals surface area contributed by atoms with Crippen molar-refractivity contribution in [2.45, 2.75) is 49.9 Å². The van der Waals surface area contributed by atoms with Crippen LogP contribution in [0.3, 0.4) is 0 Å². The lowest BCUT2D eigenvalue weighted by atomic mass is 9.85. The van der Waals surface area contributed by atoms with E-state index in [1.54, 1.807) is 12.1 Å². The average molecular weight is 417 g/mol. The van der Waals surface area contributed by atoms with Gasteiger partial charge in [-0.05, 0) is 13.3 Å². The largest absolute Gasteiger partial charge is 0.467 e. The van der Waals surface area contributed by atoms with E-state index in [2.05, 4.69) is 0 Å². The smallest absolute Gasteiger partial charge is 0.278 e. The number of carbonyl (C=O) groups excluding carboxylic acids is 3. The van der Waals surface area contributed by atoms with Crippen LogP contribution in [-0.4, -0.2) is 67.5 Å². The highest BCUT2D eigenvalue weighted by molar-refractivity contribution is 6.23. The van der Waals surface area contributed by atoms with Gasteiger partial charge in [0.25, 0.3) is 11.5 Å². The standard InChI is InChI=1S/C21H23NO8/c1-3-4-10-13(23)14(24)15-11(2)16(25)20(30-15)18(27)21(29,22-19(20)28)17(26)12-8-6-5-7-9-12/h4-10,13-14,18,23-24,27,29H,3H2,1-2H3,(H,22,28). The van der Waals surface area contributed by atoms with Gasteiger partial charge in [0.2, 0.25) is 17.3 Å². The van der Waals surface area contributed by atoms with Crippen LogP contribution in [0.4, 0.5) is 0 Å². The van der Waals surface area contributed by atoms with E-state index in [4.69, 9.17) is 4.74 Å². The number of ether oxygens (including phenoxy) is 1. The number of benzene rings is 1. The molecule has 0 saturated carbocycles. The molecule has 0 bridgehead atoms. The van der Waals surface area contributed by atoms with Crippen molar-refractivity contribution in [3.8, 4) is 0 Å². The van der Waals surface area contributed by atoms with Crippen LogP contribution in [-0.2, 0) is 14.3 Å². The second-order valence-corrected chi connectivity index (χ2v) is 7.25. The molecule has 1 saturated heterocycles. The van der Waals surface area contributed by atoms with Crippen molar-refractivity contribution in [1.82, 2.24) is 5.32 Å². The fraction of sp³-hybridized carbons (Fsp3) is 0.381. The molecule has 3 rings (SSSR count). The molecule has 9 heteroatoms. The van der Waals surface area contributed by atoms with Crippen molar-refractivity contribution in [3.63, 3.8) is 0 Å². The first-order chi connectivity index (χ1) is 14.1. The number of rotatable bonds is 6. The molecular formula is C21H23NO8. The van der Waals surface area contributed by atoms with Crippen LogP contribution >= 0.6 is 0 Å². The second kappa shape index (κ2) is 7.77. The summed E-state index contributed by atoms with van der Waals surface area (Å²) in [5.41, 5.74) is -5.70. The molecular weight excluding hydrogens is 394 g/mol. The van der Waals surface area contributed by atoms with E-state index in [1.165, 1.54) is 37.3 Å². The topological polar surface area (TPSA) is 153 Å². The quantitative estimate of drug-likeness (QED) is 0.232. The highest BCUT2D eigenvalue weighted by Crippen LogP contribution is 2.43. The van der Waals surface area contributed by atoms with Crippen LogP contribution < -0.4 is 5.32 Å². The molecule has 1 amide bonds. The number of hydrogen-bond donors (Lipinski definition) is 5. The molecule has 1 aromatic rings. The summed E-state index contributed by atoms with van der Waals surface area (Å²) in [7, 11) is 0. The number of carbonyl (C=O) groups is 3. The van der Waals surface area contributed by atoms with Gasteiger partial charge in [0.15, 0.2) is 6.10 Å². The van der Waals surface area contributed by atoms with Crippen LogP contribution in [0.5, 0.6) is 0 Å². The zero-order valence-electron chi connectivity index (χ0n) is 16.4. The third-order valence-corrected chi connectivity index (χ3v) is 5.28. The van der Waals surface area contributed by atoms with Crippen molar-refractivity contribution in [2.24, 2.45) is 0 Å². The maximum Gasteiger partial charge on any atom is 0.278 e. The zero-order chi connectivity index (χ0) is 22.3. The Hall–Kier alpha value is -2.85. The normalized spacial score (nSPS) is 30.7. The lowest BCUT2D eigenvalue weighted by Crippen LogP contribution is -2.59. The van der Waals surface area contributed by atoms with Gasteiger partial charge in [-0.15, -0.1) is 0 Å². The molecule has 1 spiro atoms. The number of ketones is 2. The Bertz CT molecular complexity index is 940. The van der Waals surface area contributed by atoms with Gasteiger partial charge in [0.1, 0.15) is 18.0 Å². The molecule has 0 aliphatic carbocycles. The number of hydrogen-bond acceptors (Lipinski definition) is 8. The third kappa shape index (κ3) is 3.07. The Morgan fingerprint density at radius 1 is 1.27 bits per heavy atom. The fourth-order valence-electron chi connectivity index (χ4n) is 3.58. The summed E-state index contributed by atoms with van der Waals surface area (Å²) in [6.07, 6.45) is -1.98. The average Bonchev–Trinajstić information content (AvgIpc) is 3.13. The molecule has 1 aromatic carbocycles. The highest BCUT2D eigenvalue weighted by Gasteiger charge is 2.73. The molecule has 160 valence electrons. The zero-order valence-corrected chi connectivity index (χ0v) is 16.4. The SMILES string of the molecule is CCC=CC(O)C(O)C1=C(C)C(=O)C2(O1)C(=O)NC(O)(C(=O)c1ccccc1)C2O. The molecule has 30 heavy (non-hydrogen) atoms. The van der Waals surface area contributed by atoms with Crippen LogP contribution in [0.15, 0.2) is 53.8 Å². The van der Waals surface area contributed by atoms with E-state index in [0.29, 0.717) is 6.42 Å². The Balaban J connectivity index is 1.95. The molecule has 0 aromatic heterocycles. The van der Waals surface area contributed by atoms with Crippen molar-refractivity contribution >= 4 is 17.5 Å². The number of aliphatic hydroxyl groups is 4. The molecule has 0 radical (unpaired) electrons. The number of Topliss-reactive ketones (excluding diaryl/α,β-unsaturated/α-hetero) is 2. The van der Waals surface area contributed by atoms with Crippen LogP contribution in [0.25, 0.3) is 0 Å². The number of aliphatic hydroxyl groups excluding tert-OH is 3. The third-order valence-electron chi connectivity index (χ3n) is 5.28. The monoisotopic (exact) mass is 417 g/mol. The molecule has 2 aliphatic rings. The first-order valence-corrected chi connectivity index (χ1v) is 9.41. The summed E-state index contributed by atoms with van der Waals surface area (Å²) in [6, 6.07) is 7.43. The Morgan fingerprint density at radius 3 is 2.50 bits per heavy atom. The predicted octanol–water partition coefficient (Wildman–Crippen LogP) is -0.651. The summed E-state index contributed by atoms with van der Waals surface area (Å²) < 4.78 is 5.42. The molecule has 2 aliphatic heterocycles.